The van der Waals surface area contributed by atoms with Crippen molar-refractivity contribution in [2.75, 3.05) is 5.32 Å². The highest BCUT2D eigenvalue weighted by atomic mass is 32.2. The number of fused-ring (bicyclic) bond motifs is 1. The van der Waals surface area contributed by atoms with Gasteiger partial charge < -0.3 is 0 Å². The summed E-state index contributed by atoms with van der Waals surface area (Å²) in [6.45, 7) is 3.72. The van der Waals surface area contributed by atoms with Crippen molar-refractivity contribution in [1.82, 2.24) is 19.9 Å². The first-order valence-corrected chi connectivity index (χ1v) is 12.7. The van der Waals surface area contributed by atoms with E-state index in [0.717, 1.165) is 5.56 Å². The lowest BCUT2D eigenvalue weighted by Crippen LogP contribution is -2.47. The van der Waals surface area contributed by atoms with E-state index in [9.17, 15) is 13.2 Å². The highest BCUT2D eigenvalue weighted by molar-refractivity contribution is 7.89. The first-order valence-electron chi connectivity index (χ1n) is 10.4. The molecular weight excluding hydrogens is 458 g/mol. The number of sulfonamides is 1. The topological polar surface area (TPSA) is 114 Å². The Morgan fingerprint density at radius 3 is 2.55 bits per heavy atom. The Morgan fingerprint density at radius 2 is 1.79 bits per heavy atom. The number of carbonyl (C=O) groups is 1. The van der Waals surface area contributed by atoms with E-state index in [2.05, 4.69) is 25.2 Å². The van der Waals surface area contributed by atoms with Crippen LogP contribution in [0.2, 0.25) is 0 Å². The third-order valence-corrected chi connectivity index (χ3v) is 7.70. The molecule has 0 spiro atoms. The van der Waals surface area contributed by atoms with Crippen LogP contribution >= 0.6 is 11.3 Å². The zero-order valence-electron chi connectivity index (χ0n) is 18.1. The fraction of sp³-hybridized carbons (Fsp3) is 0.217. The van der Waals surface area contributed by atoms with Crippen LogP contribution in [0.5, 0.6) is 0 Å². The molecule has 0 saturated heterocycles. The maximum absolute atomic E-state index is 13.3. The third kappa shape index (κ3) is 5.08. The first-order chi connectivity index (χ1) is 15.9. The van der Waals surface area contributed by atoms with Gasteiger partial charge in [-0.25, -0.2) is 8.42 Å². The van der Waals surface area contributed by atoms with E-state index in [0.29, 0.717) is 27.5 Å². The zero-order valence-corrected chi connectivity index (χ0v) is 19.7. The number of benzene rings is 2. The van der Waals surface area contributed by atoms with E-state index in [4.69, 9.17) is 0 Å². The van der Waals surface area contributed by atoms with Gasteiger partial charge in [0.05, 0.1) is 5.52 Å². The van der Waals surface area contributed by atoms with Crippen molar-refractivity contribution in [2.24, 2.45) is 5.92 Å². The fourth-order valence-electron chi connectivity index (χ4n) is 3.34. The number of rotatable bonds is 8. The van der Waals surface area contributed by atoms with E-state index in [1.807, 2.05) is 44.2 Å². The minimum Gasteiger partial charge on any atom is -0.299 e. The van der Waals surface area contributed by atoms with Crippen molar-refractivity contribution < 1.29 is 13.2 Å². The molecule has 0 bridgehead atoms. The molecule has 2 aromatic carbocycles. The van der Waals surface area contributed by atoms with Gasteiger partial charge in [-0.3, -0.25) is 15.1 Å². The maximum Gasteiger partial charge on any atom is 0.244 e. The minimum atomic E-state index is -4.02. The molecule has 0 unspecified atom stereocenters. The summed E-state index contributed by atoms with van der Waals surface area (Å²) in [5, 5.41) is 12.6. The van der Waals surface area contributed by atoms with Gasteiger partial charge in [-0.2, -0.15) is 4.72 Å². The lowest BCUT2D eigenvalue weighted by molar-refractivity contribution is -0.118. The van der Waals surface area contributed by atoms with Crippen molar-refractivity contribution in [3.63, 3.8) is 0 Å². The first kappa shape index (κ1) is 23.0. The van der Waals surface area contributed by atoms with Gasteiger partial charge in [-0.05, 0) is 18.1 Å². The Hall–Kier alpha value is -3.21. The number of nitrogens with zero attached hydrogens (tertiary/aromatic N) is 3. The van der Waals surface area contributed by atoms with Gasteiger partial charge in [0, 0.05) is 17.1 Å². The Kier molecular flexibility index (Phi) is 6.77. The summed E-state index contributed by atoms with van der Waals surface area (Å²) < 4.78 is 29.1. The molecule has 0 fully saturated rings. The summed E-state index contributed by atoms with van der Waals surface area (Å²) >= 11 is 1.23. The zero-order chi connectivity index (χ0) is 23.4. The number of nitrogens with one attached hydrogen (secondary N) is 2. The van der Waals surface area contributed by atoms with Crippen molar-refractivity contribution in [1.29, 1.82) is 0 Å². The van der Waals surface area contributed by atoms with Crippen LogP contribution in [0, 0.1) is 5.92 Å². The van der Waals surface area contributed by atoms with Gasteiger partial charge in [-0.1, -0.05) is 80.1 Å². The summed E-state index contributed by atoms with van der Waals surface area (Å²) in [7, 11) is -4.02. The molecule has 0 aliphatic rings. The molecule has 1 amide bonds. The average Bonchev–Trinajstić information content (AvgIpc) is 3.30. The molecule has 10 heteroatoms. The SMILES string of the molecule is CC[C@@H](C)[C@@H](NS(=O)(=O)c1cccc2cccnc12)C(=O)Nc1nnc(-c2ccccc2)s1. The largest absolute Gasteiger partial charge is 0.299 e. The molecule has 0 saturated carbocycles. The van der Waals surface area contributed by atoms with Crippen LogP contribution in [0.3, 0.4) is 0 Å². The number of amides is 1. The van der Waals surface area contributed by atoms with Gasteiger partial charge in [0.1, 0.15) is 15.9 Å². The number of hydrogen-bond donors (Lipinski definition) is 2. The molecule has 2 atom stereocenters. The molecule has 0 radical (unpaired) electrons. The lowest BCUT2D eigenvalue weighted by atomic mass is 9.99. The Bertz CT molecular complexity index is 1370. The Morgan fingerprint density at radius 1 is 1.03 bits per heavy atom. The quantitative estimate of drug-likeness (QED) is 0.392. The smallest absolute Gasteiger partial charge is 0.244 e. The van der Waals surface area contributed by atoms with E-state index in [-0.39, 0.29) is 10.8 Å². The van der Waals surface area contributed by atoms with Crippen LogP contribution in [0.15, 0.2) is 71.8 Å². The van der Waals surface area contributed by atoms with Crippen molar-refractivity contribution >= 4 is 43.3 Å². The summed E-state index contributed by atoms with van der Waals surface area (Å²) in [5.41, 5.74) is 1.24. The van der Waals surface area contributed by atoms with Crippen LogP contribution in [-0.2, 0) is 14.8 Å². The number of pyridine rings is 1. The summed E-state index contributed by atoms with van der Waals surface area (Å²) in [5.74, 6) is -0.749. The van der Waals surface area contributed by atoms with Crippen molar-refractivity contribution in [3.05, 3.63) is 66.9 Å². The molecule has 4 aromatic rings. The molecule has 2 N–H and O–H groups in total. The van der Waals surface area contributed by atoms with Gasteiger partial charge in [0.25, 0.3) is 0 Å². The molecule has 0 aliphatic heterocycles. The van der Waals surface area contributed by atoms with E-state index >= 15 is 0 Å². The molecule has 170 valence electrons. The van der Waals surface area contributed by atoms with E-state index < -0.39 is 22.0 Å². The third-order valence-electron chi connectivity index (χ3n) is 5.34. The molecule has 33 heavy (non-hydrogen) atoms. The van der Waals surface area contributed by atoms with Crippen LogP contribution < -0.4 is 10.0 Å². The van der Waals surface area contributed by atoms with Gasteiger partial charge in [0.2, 0.25) is 21.1 Å². The molecule has 8 nitrogen and oxygen atoms in total. The Balaban J connectivity index is 1.58. The highest BCUT2D eigenvalue weighted by Crippen LogP contribution is 2.27. The minimum absolute atomic E-state index is 0.0315. The van der Waals surface area contributed by atoms with Crippen LogP contribution in [0.4, 0.5) is 5.13 Å². The molecule has 2 aromatic heterocycles. The molecule has 0 aliphatic carbocycles. The van der Waals surface area contributed by atoms with Gasteiger partial charge >= 0.3 is 0 Å². The molecule has 4 rings (SSSR count). The lowest BCUT2D eigenvalue weighted by Gasteiger charge is -2.23. The predicted octanol–water partition coefficient (Wildman–Crippen LogP) is 4.09. The summed E-state index contributed by atoms with van der Waals surface area (Å²) in [6, 6.07) is 17.0. The van der Waals surface area contributed by atoms with Gasteiger partial charge in [-0.15, -0.1) is 10.2 Å². The maximum atomic E-state index is 13.3. The summed E-state index contributed by atoms with van der Waals surface area (Å²) in [4.78, 5) is 17.4. The van der Waals surface area contributed by atoms with Crippen molar-refractivity contribution in [2.45, 2.75) is 31.2 Å². The number of hydrogen-bond acceptors (Lipinski definition) is 7. The standard InChI is InChI=1S/C23H23N5O3S2/c1-3-15(2)19(21(29)25-23-27-26-22(32-23)17-9-5-4-6-10-17)28-33(30,31)18-13-7-11-16-12-8-14-24-20(16)18/h4-15,19,28H,3H2,1-2H3,(H,25,27,29)/t15-,19-/m1/s1. The van der Waals surface area contributed by atoms with Crippen LogP contribution in [-0.4, -0.2) is 35.5 Å². The van der Waals surface area contributed by atoms with E-state index in [1.165, 1.54) is 17.4 Å². The average molecular weight is 482 g/mol. The number of aromatic nitrogens is 3. The Labute approximate surface area is 196 Å². The van der Waals surface area contributed by atoms with Crippen LogP contribution in [0.25, 0.3) is 21.5 Å². The second-order valence-electron chi connectivity index (χ2n) is 7.58. The fourth-order valence-corrected chi connectivity index (χ4v) is 5.58. The van der Waals surface area contributed by atoms with E-state index in [1.54, 1.807) is 30.5 Å². The normalized spacial score (nSPS) is 13.5. The predicted molar refractivity (Wildman–Crippen MR) is 129 cm³/mol. The number of carbonyl (C=O) groups excluding carboxylic acids is 1. The molecular formula is C23H23N5O3S2. The monoisotopic (exact) mass is 481 g/mol. The molecule has 2 heterocycles. The number of anilines is 1. The second-order valence-corrected chi connectivity index (χ2v) is 10.2. The van der Waals surface area contributed by atoms with Gasteiger partial charge in [0.15, 0.2) is 0 Å². The van der Waals surface area contributed by atoms with Crippen molar-refractivity contribution in [3.8, 4) is 10.6 Å². The highest BCUT2D eigenvalue weighted by Gasteiger charge is 2.31. The second kappa shape index (κ2) is 9.74. The number of para-hydroxylation sites is 1. The van der Waals surface area contributed by atoms with Crippen LogP contribution in [0.1, 0.15) is 20.3 Å². The summed E-state index contributed by atoms with van der Waals surface area (Å²) in [6.07, 6.45) is 2.14.